The maximum absolute atomic E-state index is 10.9. The monoisotopic (exact) mass is 307 g/mol. The Hall–Kier alpha value is -2.11. The van der Waals surface area contributed by atoms with E-state index in [1.807, 2.05) is 0 Å². The number of hydrogen-bond acceptors (Lipinski definition) is 4. The lowest BCUT2D eigenvalue weighted by Crippen LogP contribution is -2.01. The number of rotatable bonds is 5. The lowest BCUT2D eigenvalue weighted by atomic mass is 10.1. The van der Waals surface area contributed by atoms with Crippen molar-refractivity contribution in [1.29, 1.82) is 0 Å². The van der Waals surface area contributed by atoms with Crippen LogP contribution in [0.15, 0.2) is 42.5 Å². The van der Waals surface area contributed by atoms with Crippen molar-refractivity contribution in [2.24, 2.45) is 0 Å². The van der Waals surface area contributed by atoms with Crippen molar-refractivity contribution in [3.63, 3.8) is 0 Å². The molecule has 1 atom stereocenters. The summed E-state index contributed by atoms with van der Waals surface area (Å²) in [5, 5.41) is 20.8. The van der Waals surface area contributed by atoms with Crippen LogP contribution >= 0.6 is 11.6 Å². The van der Waals surface area contributed by atoms with Crippen molar-refractivity contribution in [2.45, 2.75) is 19.6 Å². The van der Waals surface area contributed by atoms with Crippen LogP contribution in [0.2, 0.25) is 5.02 Å². The van der Waals surface area contributed by atoms with Gasteiger partial charge in [-0.2, -0.15) is 0 Å². The summed E-state index contributed by atoms with van der Waals surface area (Å²) in [4.78, 5) is 10.5. The van der Waals surface area contributed by atoms with Gasteiger partial charge in [-0.25, -0.2) is 0 Å². The second kappa shape index (κ2) is 6.56. The second-order valence-electron chi connectivity index (χ2n) is 4.56. The van der Waals surface area contributed by atoms with Crippen LogP contribution in [0.3, 0.4) is 0 Å². The predicted molar refractivity (Wildman–Crippen MR) is 79.5 cm³/mol. The molecule has 0 aliphatic rings. The number of aliphatic hydroxyl groups is 1. The predicted octanol–water partition coefficient (Wildman–Crippen LogP) is 3.88. The van der Waals surface area contributed by atoms with Crippen LogP contribution in [0.25, 0.3) is 0 Å². The molecule has 2 aromatic carbocycles. The Morgan fingerprint density at radius 1 is 1.29 bits per heavy atom. The van der Waals surface area contributed by atoms with Crippen molar-refractivity contribution >= 4 is 17.3 Å². The molecule has 0 saturated carbocycles. The van der Waals surface area contributed by atoms with E-state index >= 15 is 0 Å². The normalized spacial score (nSPS) is 12.0. The number of nitro groups is 1. The van der Waals surface area contributed by atoms with Gasteiger partial charge in [0.25, 0.3) is 5.69 Å². The summed E-state index contributed by atoms with van der Waals surface area (Å²) in [5.74, 6) is 0.564. The number of aliphatic hydroxyl groups excluding tert-OH is 1. The first-order valence-electron chi connectivity index (χ1n) is 6.31. The molecule has 0 aliphatic heterocycles. The molecule has 0 fully saturated rings. The van der Waals surface area contributed by atoms with E-state index in [9.17, 15) is 15.2 Å². The summed E-state index contributed by atoms with van der Waals surface area (Å²) < 4.78 is 5.53. The number of ether oxygens (including phenoxy) is 1. The topological polar surface area (TPSA) is 72.6 Å². The van der Waals surface area contributed by atoms with E-state index in [-0.39, 0.29) is 12.3 Å². The first-order chi connectivity index (χ1) is 9.97. The molecule has 110 valence electrons. The van der Waals surface area contributed by atoms with Crippen molar-refractivity contribution in [2.75, 3.05) is 0 Å². The zero-order chi connectivity index (χ0) is 15.4. The minimum absolute atomic E-state index is 0.0278. The van der Waals surface area contributed by atoms with Crippen molar-refractivity contribution in [3.8, 4) is 5.75 Å². The molecule has 0 aliphatic carbocycles. The van der Waals surface area contributed by atoms with E-state index in [0.717, 1.165) is 5.56 Å². The molecule has 2 aromatic rings. The van der Waals surface area contributed by atoms with Gasteiger partial charge in [-0.1, -0.05) is 23.7 Å². The molecule has 0 amide bonds. The standard InChI is InChI=1S/C15H14ClNO4/c1-10(18)11-2-5-14(6-3-11)21-9-12-8-13(16)4-7-15(12)17(19)20/h2-8,10,18H,9H2,1H3/t10-/m1/s1. The highest BCUT2D eigenvalue weighted by atomic mass is 35.5. The summed E-state index contributed by atoms with van der Waals surface area (Å²) in [6.07, 6.45) is -0.548. The molecule has 21 heavy (non-hydrogen) atoms. The van der Waals surface area contributed by atoms with Crippen LogP contribution in [0.1, 0.15) is 24.2 Å². The highest BCUT2D eigenvalue weighted by Crippen LogP contribution is 2.25. The summed E-state index contributed by atoms with van der Waals surface area (Å²) in [7, 11) is 0. The zero-order valence-electron chi connectivity index (χ0n) is 11.3. The average molecular weight is 308 g/mol. The quantitative estimate of drug-likeness (QED) is 0.672. The third kappa shape index (κ3) is 3.93. The Bertz CT molecular complexity index is 641. The van der Waals surface area contributed by atoms with Crippen molar-refractivity contribution in [1.82, 2.24) is 0 Å². The Morgan fingerprint density at radius 2 is 1.95 bits per heavy atom. The van der Waals surface area contributed by atoms with Gasteiger partial charge in [0.15, 0.2) is 0 Å². The van der Waals surface area contributed by atoms with Gasteiger partial charge < -0.3 is 9.84 Å². The highest BCUT2D eigenvalue weighted by molar-refractivity contribution is 6.30. The molecule has 1 N–H and O–H groups in total. The molecule has 0 saturated heterocycles. The van der Waals surface area contributed by atoms with Crippen LogP contribution in [0, 0.1) is 10.1 Å². The largest absolute Gasteiger partial charge is 0.489 e. The third-order valence-electron chi connectivity index (χ3n) is 3.00. The zero-order valence-corrected chi connectivity index (χ0v) is 12.1. The van der Waals surface area contributed by atoms with Crippen LogP contribution in [-0.2, 0) is 6.61 Å². The molecular formula is C15H14ClNO4. The Labute approximate surface area is 126 Å². The van der Waals surface area contributed by atoms with Gasteiger partial charge in [-0.3, -0.25) is 10.1 Å². The number of nitrogens with zero attached hydrogens (tertiary/aromatic N) is 1. The Morgan fingerprint density at radius 3 is 2.52 bits per heavy atom. The van der Waals surface area contributed by atoms with Crippen molar-refractivity contribution < 1.29 is 14.8 Å². The van der Waals surface area contributed by atoms with E-state index < -0.39 is 11.0 Å². The minimum atomic E-state index is -0.548. The third-order valence-corrected chi connectivity index (χ3v) is 3.23. The van der Waals surface area contributed by atoms with Crippen LogP contribution in [-0.4, -0.2) is 10.0 Å². The smallest absolute Gasteiger partial charge is 0.276 e. The lowest BCUT2D eigenvalue weighted by molar-refractivity contribution is -0.385. The van der Waals surface area contributed by atoms with Crippen molar-refractivity contribution in [3.05, 3.63) is 68.7 Å². The van der Waals surface area contributed by atoms with Gasteiger partial charge in [0.1, 0.15) is 12.4 Å². The van der Waals surface area contributed by atoms with E-state index in [1.54, 1.807) is 31.2 Å². The minimum Gasteiger partial charge on any atom is -0.489 e. The fourth-order valence-corrected chi connectivity index (χ4v) is 2.05. The van der Waals surface area contributed by atoms with E-state index in [0.29, 0.717) is 16.3 Å². The first kappa shape index (κ1) is 15.3. The van der Waals surface area contributed by atoms with Gasteiger partial charge in [0.05, 0.1) is 16.6 Å². The Kier molecular flexibility index (Phi) is 4.77. The van der Waals surface area contributed by atoms with Gasteiger partial charge in [-0.15, -0.1) is 0 Å². The molecular weight excluding hydrogens is 294 g/mol. The van der Waals surface area contributed by atoms with E-state index in [4.69, 9.17) is 16.3 Å². The number of nitro benzene ring substituents is 1. The molecule has 6 heteroatoms. The number of benzene rings is 2. The number of halogens is 1. The molecule has 0 unspecified atom stereocenters. The fourth-order valence-electron chi connectivity index (χ4n) is 1.85. The van der Waals surface area contributed by atoms with Gasteiger partial charge in [0, 0.05) is 11.1 Å². The molecule has 0 heterocycles. The van der Waals surface area contributed by atoms with Crippen LogP contribution in [0.5, 0.6) is 5.75 Å². The first-order valence-corrected chi connectivity index (χ1v) is 6.69. The summed E-state index contributed by atoms with van der Waals surface area (Å²) in [6, 6.07) is 11.2. The van der Waals surface area contributed by atoms with E-state index in [1.165, 1.54) is 18.2 Å². The summed E-state index contributed by atoms with van der Waals surface area (Å²) >= 11 is 5.85. The molecule has 0 bridgehead atoms. The summed E-state index contributed by atoms with van der Waals surface area (Å²) in [6.45, 7) is 1.72. The summed E-state index contributed by atoms with van der Waals surface area (Å²) in [5.41, 5.74) is 1.16. The molecule has 0 radical (unpaired) electrons. The van der Waals surface area contributed by atoms with Gasteiger partial charge >= 0.3 is 0 Å². The van der Waals surface area contributed by atoms with Crippen LogP contribution < -0.4 is 4.74 Å². The molecule has 5 nitrogen and oxygen atoms in total. The van der Waals surface area contributed by atoms with Crippen LogP contribution in [0.4, 0.5) is 5.69 Å². The SMILES string of the molecule is C[C@@H](O)c1ccc(OCc2cc(Cl)ccc2[N+](=O)[O-])cc1. The van der Waals surface area contributed by atoms with E-state index in [2.05, 4.69) is 0 Å². The lowest BCUT2D eigenvalue weighted by Gasteiger charge is -2.09. The maximum atomic E-state index is 10.9. The average Bonchev–Trinajstić information content (AvgIpc) is 2.45. The fraction of sp³-hybridized carbons (Fsp3) is 0.200. The van der Waals surface area contributed by atoms with Gasteiger partial charge in [-0.05, 0) is 36.8 Å². The molecule has 2 rings (SSSR count). The number of hydrogen-bond donors (Lipinski definition) is 1. The molecule has 0 aromatic heterocycles. The van der Waals surface area contributed by atoms with Gasteiger partial charge in [0.2, 0.25) is 0 Å². The Balaban J connectivity index is 2.12. The highest BCUT2D eigenvalue weighted by Gasteiger charge is 2.14. The maximum Gasteiger partial charge on any atom is 0.276 e. The second-order valence-corrected chi connectivity index (χ2v) is 5.00. The molecule has 0 spiro atoms.